The SMILES string of the molecule is Cc1ncc(CO)c(/C=N/NC(=O)c2ccc3c(=O)oc4ccc(C)n4c3c2)c1O. The van der Waals surface area contributed by atoms with Crippen molar-refractivity contribution < 1.29 is 19.4 Å². The van der Waals surface area contributed by atoms with Crippen LogP contribution in [0.25, 0.3) is 16.6 Å². The number of hydrogen-bond acceptors (Lipinski definition) is 7. The number of aliphatic hydroxyl groups is 1. The molecule has 0 saturated heterocycles. The van der Waals surface area contributed by atoms with Crippen molar-refractivity contribution in [2.45, 2.75) is 20.5 Å². The largest absolute Gasteiger partial charge is 0.505 e. The predicted octanol–water partition coefficient (Wildman–Crippen LogP) is 2.02. The van der Waals surface area contributed by atoms with Crippen LogP contribution in [0.3, 0.4) is 0 Å². The van der Waals surface area contributed by atoms with Gasteiger partial charge in [-0.2, -0.15) is 5.10 Å². The number of benzene rings is 1. The summed E-state index contributed by atoms with van der Waals surface area (Å²) in [6.45, 7) is 3.14. The fourth-order valence-corrected chi connectivity index (χ4v) is 3.23. The molecule has 9 nitrogen and oxygen atoms in total. The van der Waals surface area contributed by atoms with Crippen LogP contribution in [0.5, 0.6) is 5.75 Å². The second kappa shape index (κ2) is 7.45. The molecule has 30 heavy (non-hydrogen) atoms. The van der Waals surface area contributed by atoms with Crippen molar-refractivity contribution in [1.29, 1.82) is 0 Å². The molecule has 3 aromatic heterocycles. The highest BCUT2D eigenvalue weighted by molar-refractivity contribution is 5.98. The van der Waals surface area contributed by atoms with Crippen LogP contribution in [0.1, 0.15) is 32.9 Å². The van der Waals surface area contributed by atoms with Gasteiger partial charge in [0.15, 0.2) is 0 Å². The molecule has 0 radical (unpaired) electrons. The Morgan fingerprint density at radius 1 is 1.30 bits per heavy atom. The lowest BCUT2D eigenvalue weighted by Crippen LogP contribution is -2.18. The molecule has 0 spiro atoms. The quantitative estimate of drug-likeness (QED) is 0.351. The van der Waals surface area contributed by atoms with Crippen molar-refractivity contribution in [1.82, 2.24) is 14.8 Å². The number of aryl methyl sites for hydroxylation is 2. The predicted molar refractivity (Wildman–Crippen MR) is 110 cm³/mol. The van der Waals surface area contributed by atoms with Crippen LogP contribution < -0.4 is 11.1 Å². The summed E-state index contributed by atoms with van der Waals surface area (Å²) in [6.07, 6.45) is 2.68. The minimum atomic E-state index is -0.504. The van der Waals surface area contributed by atoms with Gasteiger partial charge in [-0.25, -0.2) is 10.2 Å². The van der Waals surface area contributed by atoms with Gasteiger partial charge >= 0.3 is 5.63 Å². The van der Waals surface area contributed by atoms with E-state index < -0.39 is 11.5 Å². The molecule has 4 aromatic rings. The molecule has 9 heteroatoms. The van der Waals surface area contributed by atoms with Gasteiger partial charge in [0.1, 0.15) is 5.75 Å². The first-order valence-electron chi connectivity index (χ1n) is 9.07. The molecule has 0 aliphatic rings. The third kappa shape index (κ3) is 3.20. The van der Waals surface area contributed by atoms with Crippen molar-refractivity contribution in [2.75, 3.05) is 0 Å². The molecule has 0 unspecified atom stereocenters. The van der Waals surface area contributed by atoms with E-state index in [1.165, 1.54) is 24.5 Å². The van der Waals surface area contributed by atoms with E-state index in [9.17, 15) is 19.8 Å². The first-order valence-corrected chi connectivity index (χ1v) is 9.07. The molecule has 0 atom stereocenters. The van der Waals surface area contributed by atoms with Crippen molar-refractivity contribution >= 4 is 28.7 Å². The standard InChI is InChI=1S/C21H18N4O5/c1-11-3-6-18-25(11)17-7-13(4-5-15(17)21(29)30-18)20(28)24-23-9-16-14(10-26)8-22-12(2)19(16)27/h3-9,26-27H,10H2,1-2H3,(H,24,28)/b23-9+. The van der Waals surface area contributed by atoms with Gasteiger partial charge in [0, 0.05) is 34.6 Å². The van der Waals surface area contributed by atoms with Crippen LogP contribution in [-0.2, 0) is 6.61 Å². The number of aromatic nitrogens is 2. The minimum absolute atomic E-state index is 0.123. The second-order valence-corrected chi connectivity index (χ2v) is 6.76. The topological polar surface area (TPSA) is 129 Å². The third-order valence-corrected chi connectivity index (χ3v) is 4.85. The zero-order valence-electron chi connectivity index (χ0n) is 16.2. The first-order chi connectivity index (χ1) is 14.4. The molecule has 1 aromatic carbocycles. The number of hydrazone groups is 1. The van der Waals surface area contributed by atoms with E-state index in [4.69, 9.17) is 4.42 Å². The zero-order chi connectivity index (χ0) is 21.4. The van der Waals surface area contributed by atoms with Crippen LogP contribution in [0.2, 0.25) is 0 Å². The normalized spacial score (nSPS) is 11.6. The summed E-state index contributed by atoms with van der Waals surface area (Å²) >= 11 is 0. The Morgan fingerprint density at radius 3 is 2.87 bits per heavy atom. The number of nitrogens with one attached hydrogen (secondary N) is 1. The molecule has 0 bridgehead atoms. The molecule has 4 rings (SSSR count). The van der Waals surface area contributed by atoms with Crippen LogP contribution in [0, 0.1) is 13.8 Å². The number of aliphatic hydroxyl groups excluding tert-OH is 1. The highest BCUT2D eigenvalue weighted by Gasteiger charge is 2.13. The van der Waals surface area contributed by atoms with E-state index in [1.807, 2.05) is 13.0 Å². The fraction of sp³-hybridized carbons (Fsp3) is 0.143. The number of aromatic hydroxyl groups is 1. The van der Waals surface area contributed by atoms with Crippen LogP contribution in [-0.4, -0.2) is 31.7 Å². The number of nitrogens with zero attached hydrogens (tertiary/aromatic N) is 3. The summed E-state index contributed by atoms with van der Waals surface area (Å²) in [5.74, 6) is -0.627. The number of carbonyl (C=O) groups is 1. The minimum Gasteiger partial charge on any atom is -0.505 e. The second-order valence-electron chi connectivity index (χ2n) is 6.76. The average Bonchev–Trinajstić information content (AvgIpc) is 3.11. The fourth-order valence-electron chi connectivity index (χ4n) is 3.23. The summed E-state index contributed by atoms with van der Waals surface area (Å²) in [6, 6.07) is 8.12. The van der Waals surface area contributed by atoms with Gasteiger partial charge in [0.05, 0.1) is 29.4 Å². The van der Waals surface area contributed by atoms with Crippen molar-refractivity contribution in [3.05, 3.63) is 75.0 Å². The molecular formula is C21H18N4O5. The molecule has 0 saturated carbocycles. The summed E-state index contributed by atoms with van der Waals surface area (Å²) in [5.41, 5.74) is 5.00. The smallest absolute Gasteiger partial charge is 0.346 e. The number of rotatable bonds is 4. The van der Waals surface area contributed by atoms with Crippen LogP contribution in [0.15, 0.2) is 50.8 Å². The van der Waals surface area contributed by atoms with E-state index in [2.05, 4.69) is 15.5 Å². The summed E-state index contributed by atoms with van der Waals surface area (Å²) in [4.78, 5) is 28.7. The van der Waals surface area contributed by atoms with Crippen LogP contribution in [0.4, 0.5) is 0 Å². The average molecular weight is 406 g/mol. The molecule has 1 amide bonds. The van der Waals surface area contributed by atoms with Crippen molar-refractivity contribution in [2.24, 2.45) is 5.10 Å². The van der Waals surface area contributed by atoms with Crippen LogP contribution >= 0.6 is 0 Å². The summed E-state index contributed by atoms with van der Waals surface area (Å²) in [5, 5.41) is 23.8. The summed E-state index contributed by atoms with van der Waals surface area (Å²) < 4.78 is 7.04. The van der Waals surface area contributed by atoms with E-state index >= 15 is 0 Å². The van der Waals surface area contributed by atoms with Gasteiger partial charge in [0.25, 0.3) is 5.91 Å². The van der Waals surface area contributed by atoms with Crippen molar-refractivity contribution in [3.63, 3.8) is 0 Å². The monoisotopic (exact) mass is 406 g/mol. The van der Waals surface area contributed by atoms with Gasteiger partial charge in [-0.3, -0.25) is 14.2 Å². The highest BCUT2D eigenvalue weighted by atomic mass is 16.4. The maximum absolute atomic E-state index is 12.6. The Morgan fingerprint density at radius 2 is 2.10 bits per heavy atom. The Balaban J connectivity index is 1.67. The molecule has 0 aliphatic heterocycles. The van der Waals surface area contributed by atoms with Gasteiger partial charge in [-0.05, 0) is 38.1 Å². The third-order valence-electron chi connectivity index (χ3n) is 4.85. The molecule has 3 heterocycles. The Labute approximate surface area is 169 Å². The Hall–Kier alpha value is -3.98. The number of carbonyl (C=O) groups excluding carboxylic acids is 1. The van der Waals surface area contributed by atoms with Gasteiger partial charge in [0.2, 0.25) is 5.71 Å². The van der Waals surface area contributed by atoms with E-state index in [-0.39, 0.29) is 23.5 Å². The lowest BCUT2D eigenvalue weighted by Gasteiger charge is -2.07. The Bertz CT molecular complexity index is 1380. The Kier molecular flexibility index (Phi) is 4.80. The van der Waals surface area contributed by atoms with Gasteiger partial charge < -0.3 is 14.6 Å². The highest BCUT2D eigenvalue weighted by Crippen LogP contribution is 2.22. The number of fused-ring (bicyclic) bond motifs is 3. The first kappa shape index (κ1) is 19.3. The number of amides is 1. The molecular weight excluding hydrogens is 388 g/mol. The van der Waals surface area contributed by atoms with Crippen molar-refractivity contribution in [3.8, 4) is 5.75 Å². The lowest BCUT2D eigenvalue weighted by molar-refractivity contribution is 0.0955. The maximum Gasteiger partial charge on any atom is 0.346 e. The zero-order valence-corrected chi connectivity index (χ0v) is 16.2. The molecule has 0 fully saturated rings. The van der Waals surface area contributed by atoms with E-state index in [0.717, 1.165) is 5.69 Å². The summed E-state index contributed by atoms with van der Waals surface area (Å²) in [7, 11) is 0. The molecule has 3 N–H and O–H groups in total. The molecule has 152 valence electrons. The van der Waals surface area contributed by atoms with E-state index in [0.29, 0.717) is 27.9 Å². The maximum atomic E-state index is 12.6. The number of hydrogen-bond donors (Lipinski definition) is 3. The number of pyridine rings is 1. The van der Waals surface area contributed by atoms with Gasteiger partial charge in [-0.15, -0.1) is 0 Å². The van der Waals surface area contributed by atoms with Gasteiger partial charge in [-0.1, -0.05) is 0 Å². The lowest BCUT2D eigenvalue weighted by atomic mass is 10.1. The molecule has 0 aliphatic carbocycles. The van der Waals surface area contributed by atoms with E-state index in [1.54, 1.807) is 23.5 Å².